The Bertz CT molecular complexity index is 451. The summed E-state index contributed by atoms with van der Waals surface area (Å²) in [4.78, 5) is 18.5. The van der Waals surface area contributed by atoms with Gasteiger partial charge in [0.05, 0.1) is 5.56 Å². The standard InChI is InChI=1S/C15H21N3O/c1-5-11(3)18(12(4)6-2)15(19)14-8-7-13(9-16)10-17-14/h7-8,10-12H,5-6H2,1-4H3/t11-,12-/m0/s1. The highest BCUT2D eigenvalue weighted by atomic mass is 16.2. The van der Waals surface area contributed by atoms with Gasteiger partial charge in [-0.05, 0) is 38.8 Å². The molecule has 0 bridgehead atoms. The maximum Gasteiger partial charge on any atom is 0.272 e. The lowest BCUT2D eigenvalue weighted by atomic mass is 10.1. The lowest BCUT2D eigenvalue weighted by Gasteiger charge is -2.33. The van der Waals surface area contributed by atoms with Crippen LogP contribution in [-0.4, -0.2) is 27.9 Å². The summed E-state index contributed by atoms with van der Waals surface area (Å²) in [5.41, 5.74) is 0.870. The number of carbonyl (C=O) groups is 1. The highest BCUT2D eigenvalue weighted by Gasteiger charge is 2.25. The second-order valence-electron chi connectivity index (χ2n) is 4.77. The molecular formula is C15H21N3O. The quantitative estimate of drug-likeness (QED) is 0.816. The Balaban J connectivity index is 3.01. The molecule has 0 fully saturated rings. The number of pyridine rings is 1. The van der Waals surface area contributed by atoms with Crippen LogP contribution in [0.25, 0.3) is 0 Å². The number of hydrogen-bond donors (Lipinski definition) is 0. The molecule has 0 aromatic carbocycles. The van der Waals surface area contributed by atoms with Gasteiger partial charge in [-0.1, -0.05) is 13.8 Å². The minimum Gasteiger partial charge on any atom is -0.332 e. The molecule has 0 saturated heterocycles. The van der Waals surface area contributed by atoms with Gasteiger partial charge in [0.15, 0.2) is 0 Å². The summed E-state index contributed by atoms with van der Waals surface area (Å²) >= 11 is 0. The fraction of sp³-hybridized carbons (Fsp3) is 0.533. The molecule has 0 unspecified atom stereocenters. The van der Waals surface area contributed by atoms with E-state index >= 15 is 0 Å². The van der Waals surface area contributed by atoms with Crippen molar-refractivity contribution in [2.24, 2.45) is 0 Å². The van der Waals surface area contributed by atoms with Crippen molar-refractivity contribution < 1.29 is 4.79 Å². The van der Waals surface area contributed by atoms with Crippen LogP contribution < -0.4 is 0 Å². The van der Waals surface area contributed by atoms with E-state index in [-0.39, 0.29) is 18.0 Å². The maximum absolute atomic E-state index is 12.5. The monoisotopic (exact) mass is 259 g/mol. The van der Waals surface area contributed by atoms with Crippen LogP contribution in [0.1, 0.15) is 56.6 Å². The van der Waals surface area contributed by atoms with Crippen LogP contribution in [0.3, 0.4) is 0 Å². The first-order valence-corrected chi connectivity index (χ1v) is 6.73. The van der Waals surface area contributed by atoms with E-state index in [9.17, 15) is 4.79 Å². The van der Waals surface area contributed by atoms with Gasteiger partial charge in [-0.3, -0.25) is 4.79 Å². The molecule has 0 aliphatic carbocycles. The van der Waals surface area contributed by atoms with Gasteiger partial charge in [0.25, 0.3) is 5.91 Å². The van der Waals surface area contributed by atoms with Gasteiger partial charge in [-0.2, -0.15) is 5.26 Å². The second-order valence-corrected chi connectivity index (χ2v) is 4.77. The highest BCUT2D eigenvalue weighted by Crippen LogP contribution is 2.15. The number of carbonyl (C=O) groups excluding carboxylic acids is 1. The molecule has 102 valence electrons. The summed E-state index contributed by atoms with van der Waals surface area (Å²) in [5, 5.41) is 8.74. The van der Waals surface area contributed by atoms with Crippen LogP contribution in [-0.2, 0) is 0 Å². The fourth-order valence-electron chi connectivity index (χ4n) is 1.95. The van der Waals surface area contributed by atoms with Crippen LogP contribution in [0, 0.1) is 11.3 Å². The number of nitriles is 1. The molecule has 0 aliphatic rings. The van der Waals surface area contributed by atoms with E-state index in [0.717, 1.165) is 12.8 Å². The largest absolute Gasteiger partial charge is 0.332 e. The molecule has 0 radical (unpaired) electrons. The van der Waals surface area contributed by atoms with E-state index in [1.54, 1.807) is 12.1 Å². The SMILES string of the molecule is CC[C@H](C)N(C(=O)c1ccc(C#N)cn1)[C@@H](C)CC. The van der Waals surface area contributed by atoms with Crippen LogP contribution in [0.4, 0.5) is 0 Å². The molecule has 0 N–H and O–H groups in total. The van der Waals surface area contributed by atoms with Crippen molar-refractivity contribution in [3.63, 3.8) is 0 Å². The zero-order chi connectivity index (χ0) is 14.4. The van der Waals surface area contributed by atoms with Gasteiger partial charge >= 0.3 is 0 Å². The van der Waals surface area contributed by atoms with Gasteiger partial charge in [0, 0.05) is 18.3 Å². The Hall–Kier alpha value is -1.89. The normalized spacial score (nSPS) is 13.4. The molecular weight excluding hydrogens is 238 g/mol. The molecule has 1 heterocycles. The first kappa shape index (κ1) is 15.2. The molecule has 4 heteroatoms. The zero-order valence-electron chi connectivity index (χ0n) is 12.1. The summed E-state index contributed by atoms with van der Waals surface area (Å²) in [6.07, 6.45) is 3.26. The predicted octanol–water partition coefficient (Wildman–Crippen LogP) is 2.99. The van der Waals surface area contributed by atoms with Crippen molar-refractivity contribution in [2.45, 2.75) is 52.6 Å². The minimum absolute atomic E-state index is 0.0619. The molecule has 1 amide bonds. The summed E-state index contributed by atoms with van der Waals surface area (Å²) in [6.45, 7) is 8.24. The van der Waals surface area contributed by atoms with Crippen LogP contribution in [0.15, 0.2) is 18.3 Å². The third-order valence-electron chi connectivity index (χ3n) is 3.48. The van der Waals surface area contributed by atoms with Gasteiger partial charge in [0.1, 0.15) is 11.8 Å². The molecule has 0 spiro atoms. The Labute approximate surface area is 115 Å². The summed E-state index contributed by atoms with van der Waals surface area (Å²) in [7, 11) is 0. The first-order valence-electron chi connectivity index (χ1n) is 6.73. The highest BCUT2D eigenvalue weighted by molar-refractivity contribution is 5.92. The van der Waals surface area contributed by atoms with Gasteiger partial charge in [0.2, 0.25) is 0 Å². The smallest absolute Gasteiger partial charge is 0.272 e. The Morgan fingerprint density at radius 3 is 2.26 bits per heavy atom. The average Bonchev–Trinajstić information content (AvgIpc) is 2.46. The second kappa shape index (κ2) is 6.89. The molecule has 0 saturated carbocycles. The lowest BCUT2D eigenvalue weighted by Crippen LogP contribution is -2.44. The molecule has 4 nitrogen and oxygen atoms in total. The number of aromatic nitrogens is 1. The summed E-state index contributed by atoms with van der Waals surface area (Å²) in [5.74, 6) is -0.0619. The predicted molar refractivity (Wildman–Crippen MR) is 74.6 cm³/mol. The van der Waals surface area contributed by atoms with Crippen molar-refractivity contribution in [1.82, 2.24) is 9.88 Å². The third-order valence-corrected chi connectivity index (χ3v) is 3.48. The van der Waals surface area contributed by atoms with E-state index in [1.807, 2.05) is 24.8 Å². The molecule has 1 aromatic rings. The summed E-state index contributed by atoms with van der Waals surface area (Å²) < 4.78 is 0. The van der Waals surface area contributed by atoms with Crippen molar-refractivity contribution in [3.05, 3.63) is 29.6 Å². The molecule has 19 heavy (non-hydrogen) atoms. The van der Waals surface area contributed by atoms with E-state index in [1.165, 1.54) is 6.20 Å². The topological polar surface area (TPSA) is 57.0 Å². The van der Waals surface area contributed by atoms with E-state index in [4.69, 9.17) is 5.26 Å². The van der Waals surface area contributed by atoms with Crippen LogP contribution in [0.2, 0.25) is 0 Å². The number of nitrogens with zero attached hydrogens (tertiary/aromatic N) is 3. The Morgan fingerprint density at radius 2 is 1.89 bits per heavy atom. The van der Waals surface area contributed by atoms with E-state index in [2.05, 4.69) is 18.8 Å². The van der Waals surface area contributed by atoms with Gasteiger partial charge in [-0.15, -0.1) is 0 Å². The molecule has 0 aliphatic heterocycles. The van der Waals surface area contributed by atoms with E-state index < -0.39 is 0 Å². The third kappa shape index (κ3) is 3.54. The van der Waals surface area contributed by atoms with Crippen molar-refractivity contribution in [1.29, 1.82) is 5.26 Å². The van der Waals surface area contributed by atoms with Crippen LogP contribution in [0.5, 0.6) is 0 Å². The molecule has 1 rings (SSSR count). The van der Waals surface area contributed by atoms with Gasteiger partial charge < -0.3 is 4.90 Å². The first-order chi connectivity index (χ1) is 9.04. The van der Waals surface area contributed by atoms with Crippen molar-refractivity contribution >= 4 is 5.91 Å². The van der Waals surface area contributed by atoms with Gasteiger partial charge in [-0.25, -0.2) is 4.98 Å². The Kier molecular flexibility index (Phi) is 5.50. The number of amides is 1. The van der Waals surface area contributed by atoms with Crippen molar-refractivity contribution in [3.8, 4) is 6.07 Å². The van der Waals surface area contributed by atoms with Crippen molar-refractivity contribution in [2.75, 3.05) is 0 Å². The Morgan fingerprint density at radius 1 is 1.32 bits per heavy atom. The lowest BCUT2D eigenvalue weighted by molar-refractivity contribution is 0.0592. The number of hydrogen-bond acceptors (Lipinski definition) is 3. The average molecular weight is 259 g/mol. The van der Waals surface area contributed by atoms with Crippen LogP contribution >= 0.6 is 0 Å². The summed E-state index contributed by atoms with van der Waals surface area (Å²) in [6, 6.07) is 5.62. The fourth-order valence-corrected chi connectivity index (χ4v) is 1.95. The zero-order valence-corrected chi connectivity index (χ0v) is 12.1. The minimum atomic E-state index is -0.0619. The number of rotatable bonds is 5. The van der Waals surface area contributed by atoms with E-state index in [0.29, 0.717) is 11.3 Å². The molecule has 2 atom stereocenters. The molecule has 1 aromatic heterocycles. The maximum atomic E-state index is 12.5.